The van der Waals surface area contributed by atoms with E-state index in [2.05, 4.69) is 37.4 Å². The van der Waals surface area contributed by atoms with Gasteiger partial charge in [-0.05, 0) is 81.7 Å². The summed E-state index contributed by atoms with van der Waals surface area (Å²) in [5.74, 6) is 0.0422. The molecule has 0 unspecified atom stereocenters. The van der Waals surface area contributed by atoms with E-state index in [0.717, 1.165) is 38.8 Å². The number of allylic oxidation sites excluding steroid dienone is 1. The molecule has 174 valence electrons. The van der Waals surface area contributed by atoms with Gasteiger partial charge in [-0.1, -0.05) is 23.8 Å². The second kappa shape index (κ2) is 9.56. The number of ether oxygens (including phenoxy) is 1. The highest BCUT2D eigenvalue weighted by Gasteiger charge is 2.20. The summed E-state index contributed by atoms with van der Waals surface area (Å²) < 4.78 is 25.2. The van der Waals surface area contributed by atoms with Crippen molar-refractivity contribution in [2.24, 2.45) is 0 Å². The number of rotatable bonds is 6. The summed E-state index contributed by atoms with van der Waals surface area (Å²) in [7, 11) is 0. The van der Waals surface area contributed by atoms with Crippen LogP contribution in [0.4, 0.5) is 10.1 Å². The maximum atomic E-state index is 13.2. The zero-order valence-corrected chi connectivity index (χ0v) is 20.1. The van der Waals surface area contributed by atoms with Gasteiger partial charge < -0.3 is 14.5 Å². The molecule has 3 aromatic carbocycles. The molecular formula is C29H28FNO3. The zero-order chi connectivity index (χ0) is 24.4. The Labute approximate surface area is 199 Å². The van der Waals surface area contributed by atoms with Crippen molar-refractivity contribution in [1.82, 2.24) is 0 Å². The van der Waals surface area contributed by atoms with Crippen molar-refractivity contribution in [3.63, 3.8) is 0 Å². The van der Waals surface area contributed by atoms with Crippen LogP contribution in [0, 0.1) is 26.6 Å². The van der Waals surface area contributed by atoms with Gasteiger partial charge in [0, 0.05) is 33.8 Å². The van der Waals surface area contributed by atoms with E-state index >= 15 is 0 Å². The van der Waals surface area contributed by atoms with Crippen molar-refractivity contribution >= 4 is 28.1 Å². The van der Waals surface area contributed by atoms with Crippen LogP contribution in [0.3, 0.4) is 0 Å². The Morgan fingerprint density at radius 2 is 1.79 bits per heavy atom. The molecule has 1 aromatic heterocycles. The van der Waals surface area contributed by atoms with E-state index in [1.807, 2.05) is 26.8 Å². The summed E-state index contributed by atoms with van der Waals surface area (Å²) in [6.45, 7) is 10.4. The van der Waals surface area contributed by atoms with E-state index in [9.17, 15) is 9.18 Å². The van der Waals surface area contributed by atoms with Gasteiger partial charge in [0.15, 0.2) is 0 Å². The Morgan fingerprint density at radius 3 is 2.47 bits per heavy atom. The lowest BCUT2D eigenvalue weighted by atomic mass is 9.94. The van der Waals surface area contributed by atoms with Gasteiger partial charge in [-0.2, -0.15) is 0 Å². The Balaban J connectivity index is 1.79. The first-order valence-electron chi connectivity index (χ1n) is 11.3. The fraction of sp³-hybridized carbons (Fsp3) is 0.207. The Kier molecular flexibility index (Phi) is 6.55. The van der Waals surface area contributed by atoms with Crippen LogP contribution in [-0.2, 0) is 4.79 Å². The molecule has 4 rings (SSSR count). The van der Waals surface area contributed by atoms with Crippen LogP contribution in [0.2, 0.25) is 0 Å². The molecule has 0 radical (unpaired) electrons. The van der Waals surface area contributed by atoms with Crippen LogP contribution >= 0.6 is 0 Å². The SMILES string of the molecule is CCOc1c(/C(C)=C/C(=O)Nc2ccc(F)cc2)cc2c(-c3ccc(C)cc3C)coc2c1C. The van der Waals surface area contributed by atoms with Gasteiger partial charge in [0.05, 0.1) is 12.9 Å². The monoisotopic (exact) mass is 457 g/mol. The number of benzene rings is 3. The van der Waals surface area contributed by atoms with Gasteiger partial charge in [0.25, 0.3) is 0 Å². The van der Waals surface area contributed by atoms with Gasteiger partial charge in [-0.15, -0.1) is 0 Å². The summed E-state index contributed by atoms with van der Waals surface area (Å²) in [5, 5.41) is 3.74. The third-order valence-electron chi connectivity index (χ3n) is 5.89. The molecule has 0 aliphatic rings. The summed E-state index contributed by atoms with van der Waals surface area (Å²) in [4.78, 5) is 12.7. The standard InChI is InChI=1S/C29H28FNO3/c1-6-33-28-20(5)29-25(26(16-34-29)23-12-7-17(2)13-18(23)3)15-24(28)19(4)14-27(32)31-22-10-8-21(30)9-11-22/h7-16H,6H2,1-5H3,(H,31,32)/b19-14+. The van der Waals surface area contributed by atoms with Crippen LogP contribution < -0.4 is 10.1 Å². The first-order valence-corrected chi connectivity index (χ1v) is 11.3. The topological polar surface area (TPSA) is 51.5 Å². The Bertz CT molecular complexity index is 1400. The molecule has 5 heteroatoms. The maximum Gasteiger partial charge on any atom is 0.248 e. The summed E-state index contributed by atoms with van der Waals surface area (Å²) in [6, 6.07) is 14.1. The third kappa shape index (κ3) is 4.60. The molecule has 0 atom stereocenters. The number of carbonyl (C=O) groups excluding carboxylic acids is 1. The number of anilines is 1. The van der Waals surface area contributed by atoms with Crippen molar-refractivity contribution < 1.29 is 18.3 Å². The van der Waals surface area contributed by atoms with Crippen molar-refractivity contribution in [3.05, 3.63) is 88.9 Å². The zero-order valence-electron chi connectivity index (χ0n) is 20.1. The lowest BCUT2D eigenvalue weighted by Crippen LogP contribution is -2.09. The van der Waals surface area contributed by atoms with E-state index in [-0.39, 0.29) is 11.7 Å². The fourth-order valence-electron chi connectivity index (χ4n) is 4.25. The molecule has 1 amide bonds. The normalized spacial score (nSPS) is 11.6. The van der Waals surface area contributed by atoms with E-state index in [4.69, 9.17) is 9.15 Å². The third-order valence-corrected chi connectivity index (χ3v) is 5.89. The van der Waals surface area contributed by atoms with Crippen LogP contribution in [0.25, 0.3) is 27.7 Å². The minimum atomic E-state index is -0.352. The quantitative estimate of drug-likeness (QED) is 0.303. The van der Waals surface area contributed by atoms with E-state index in [0.29, 0.717) is 18.0 Å². The van der Waals surface area contributed by atoms with Crippen LogP contribution in [-0.4, -0.2) is 12.5 Å². The molecule has 0 fully saturated rings. The highest BCUT2D eigenvalue weighted by atomic mass is 19.1. The molecular weight excluding hydrogens is 429 g/mol. The highest BCUT2D eigenvalue weighted by Crippen LogP contribution is 2.41. The van der Waals surface area contributed by atoms with Gasteiger partial charge in [-0.3, -0.25) is 4.79 Å². The number of hydrogen-bond acceptors (Lipinski definition) is 3. The number of halogens is 1. The molecule has 0 aliphatic carbocycles. The number of carbonyl (C=O) groups is 1. The number of furan rings is 1. The molecule has 0 bridgehead atoms. The molecule has 0 saturated heterocycles. The lowest BCUT2D eigenvalue weighted by Gasteiger charge is -2.15. The largest absolute Gasteiger partial charge is 0.493 e. The van der Waals surface area contributed by atoms with Crippen molar-refractivity contribution in [1.29, 1.82) is 0 Å². The lowest BCUT2D eigenvalue weighted by molar-refractivity contribution is -0.111. The predicted octanol–water partition coefficient (Wildman–Crippen LogP) is 7.60. The number of nitrogens with one attached hydrogen (secondary N) is 1. The molecule has 0 spiro atoms. The average molecular weight is 458 g/mol. The molecule has 1 heterocycles. The molecule has 0 saturated carbocycles. The maximum absolute atomic E-state index is 13.2. The molecule has 0 aliphatic heterocycles. The van der Waals surface area contributed by atoms with E-state index < -0.39 is 0 Å². The fourth-order valence-corrected chi connectivity index (χ4v) is 4.25. The van der Waals surface area contributed by atoms with Crippen molar-refractivity contribution in [3.8, 4) is 16.9 Å². The number of amides is 1. The Hall–Kier alpha value is -3.86. The second-order valence-corrected chi connectivity index (χ2v) is 8.48. The summed E-state index contributed by atoms with van der Waals surface area (Å²) in [6.07, 6.45) is 3.32. The second-order valence-electron chi connectivity index (χ2n) is 8.48. The van der Waals surface area contributed by atoms with Gasteiger partial charge in [0.1, 0.15) is 17.1 Å². The van der Waals surface area contributed by atoms with Gasteiger partial charge in [0.2, 0.25) is 5.91 Å². The summed E-state index contributed by atoms with van der Waals surface area (Å²) >= 11 is 0. The van der Waals surface area contributed by atoms with Crippen molar-refractivity contribution in [2.45, 2.75) is 34.6 Å². The Morgan fingerprint density at radius 1 is 1.06 bits per heavy atom. The minimum absolute atomic E-state index is 0.300. The smallest absolute Gasteiger partial charge is 0.248 e. The molecule has 4 aromatic rings. The van der Waals surface area contributed by atoms with Crippen LogP contribution in [0.15, 0.2) is 65.3 Å². The number of aryl methyl sites for hydroxylation is 3. The molecule has 1 N–H and O–H groups in total. The first kappa shape index (κ1) is 23.3. The van der Waals surface area contributed by atoms with Gasteiger partial charge >= 0.3 is 0 Å². The first-order chi connectivity index (χ1) is 16.3. The minimum Gasteiger partial charge on any atom is -0.493 e. The number of hydrogen-bond donors (Lipinski definition) is 1. The van der Waals surface area contributed by atoms with Crippen LogP contribution in [0.5, 0.6) is 5.75 Å². The summed E-state index contributed by atoms with van der Waals surface area (Å²) in [5.41, 5.74) is 8.24. The van der Waals surface area contributed by atoms with Gasteiger partial charge in [-0.25, -0.2) is 4.39 Å². The number of fused-ring (bicyclic) bond motifs is 1. The average Bonchev–Trinajstić information content (AvgIpc) is 3.21. The molecule has 4 nitrogen and oxygen atoms in total. The highest BCUT2D eigenvalue weighted by molar-refractivity contribution is 6.06. The van der Waals surface area contributed by atoms with Crippen molar-refractivity contribution in [2.75, 3.05) is 11.9 Å². The predicted molar refractivity (Wildman–Crippen MR) is 136 cm³/mol. The molecule has 34 heavy (non-hydrogen) atoms. The van der Waals surface area contributed by atoms with Crippen LogP contribution in [0.1, 0.15) is 36.1 Å². The van der Waals surface area contributed by atoms with E-state index in [1.165, 1.54) is 41.5 Å². The van der Waals surface area contributed by atoms with E-state index in [1.54, 1.807) is 6.26 Å².